The highest BCUT2D eigenvalue weighted by Crippen LogP contribution is 2.47. The van der Waals surface area contributed by atoms with Gasteiger partial charge in [0.1, 0.15) is 6.10 Å². The molecule has 20 heavy (non-hydrogen) atoms. The van der Waals surface area contributed by atoms with Crippen LogP contribution in [0.4, 0.5) is 13.2 Å². The van der Waals surface area contributed by atoms with Crippen molar-refractivity contribution >= 4 is 0 Å². The minimum Gasteiger partial charge on any atom is -0.493 e. The second kappa shape index (κ2) is 4.55. The average molecular weight is 287 g/mol. The zero-order chi connectivity index (χ0) is 14.4. The fraction of sp³-hybridized carbons (Fsp3) is 0.571. The summed E-state index contributed by atoms with van der Waals surface area (Å²) >= 11 is 0. The van der Waals surface area contributed by atoms with Crippen LogP contribution in [0.3, 0.4) is 0 Å². The molecule has 2 aliphatic rings. The zero-order valence-corrected chi connectivity index (χ0v) is 11.1. The first-order chi connectivity index (χ1) is 9.42. The van der Waals surface area contributed by atoms with Gasteiger partial charge in [0.25, 0.3) is 0 Å². The summed E-state index contributed by atoms with van der Waals surface area (Å²) < 4.78 is 48.9. The molecule has 1 spiro atoms. The largest absolute Gasteiger partial charge is 0.493 e. The summed E-state index contributed by atoms with van der Waals surface area (Å²) in [6.07, 6.45) is -2.61. The third-order valence-electron chi connectivity index (χ3n) is 4.11. The number of ether oxygens (including phenoxy) is 2. The number of methoxy groups -OCH3 is 1. The molecule has 0 atom stereocenters. The molecule has 0 bridgehead atoms. The summed E-state index contributed by atoms with van der Waals surface area (Å²) in [4.78, 5) is 0. The SMILES string of the molecule is COc1ccc(C(F)(F)F)cc1OC1CC2(CNC2)C1. The van der Waals surface area contributed by atoms with E-state index in [1.54, 1.807) is 0 Å². The lowest BCUT2D eigenvalue weighted by molar-refractivity contribution is -0.137. The normalized spacial score (nSPS) is 21.2. The van der Waals surface area contributed by atoms with Crippen LogP contribution < -0.4 is 14.8 Å². The Bertz CT molecular complexity index is 504. The Labute approximate surface area is 115 Å². The van der Waals surface area contributed by atoms with Gasteiger partial charge in [-0.05, 0) is 31.0 Å². The maximum atomic E-state index is 12.7. The Hall–Kier alpha value is -1.43. The molecule has 110 valence electrons. The van der Waals surface area contributed by atoms with Crippen molar-refractivity contribution in [1.29, 1.82) is 0 Å². The van der Waals surface area contributed by atoms with Crippen LogP contribution in [0.5, 0.6) is 11.5 Å². The number of hydrogen-bond donors (Lipinski definition) is 1. The molecule has 1 saturated carbocycles. The number of hydrogen-bond acceptors (Lipinski definition) is 3. The van der Waals surface area contributed by atoms with E-state index in [9.17, 15) is 13.2 Å². The lowest BCUT2D eigenvalue weighted by atomic mass is 9.63. The standard InChI is InChI=1S/C14H16F3NO2/c1-19-11-3-2-9(14(15,16)17)4-12(11)20-10-5-13(6-10)7-18-8-13/h2-4,10,18H,5-8H2,1H3. The van der Waals surface area contributed by atoms with E-state index in [0.29, 0.717) is 11.2 Å². The van der Waals surface area contributed by atoms with Gasteiger partial charge >= 0.3 is 6.18 Å². The zero-order valence-electron chi connectivity index (χ0n) is 11.1. The van der Waals surface area contributed by atoms with Gasteiger partial charge in [0, 0.05) is 18.5 Å². The second-order valence-corrected chi connectivity index (χ2v) is 5.62. The summed E-state index contributed by atoms with van der Waals surface area (Å²) in [6, 6.07) is 3.32. The number of alkyl halides is 3. The van der Waals surface area contributed by atoms with Crippen molar-refractivity contribution in [3.05, 3.63) is 23.8 Å². The molecule has 1 N–H and O–H groups in total. The monoisotopic (exact) mass is 287 g/mol. The highest BCUT2D eigenvalue weighted by atomic mass is 19.4. The summed E-state index contributed by atoms with van der Waals surface area (Å²) in [6.45, 7) is 1.96. The average Bonchev–Trinajstić information content (AvgIpc) is 2.29. The molecule has 0 radical (unpaired) electrons. The fourth-order valence-corrected chi connectivity index (χ4v) is 2.88. The van der Waals surface area contributed by atoms with Gasteiger partial charge < -0.3 is 14.8 Å². The van der Waals surface area contributed by atoms with Crippen LogP contribution in [0.2, 0.25) is 0 Å². The molecule has 0 aromatic heterocycles. The molecule has 2 fully saturated rings. The van der Waals surface area contributed by atoms with Gasteiger partial charge in [-0.25, -0.2) is 0 Å². The first-order valence-corrected chi connectivity index (χ1v) is 6.54. The van der Waals surface area contributed by atoms with Crippen molar-refractivity contribution < 1.29 is 22.6 Å². The van der Waals surface area contributed by atoms with Crippen LogP contribution >= 0.6 is 0 Å². The van der Waals surface area contributed by atoms with Gasteiger partial charge in [0.2, 0.25) is 0 Å². The van der Waals surface area contributed by atoms with Crippen LogP contribution in [0.25, 0.3) is 0 Å². The summed E-state index contributed by atoms with van der Waals surface area (Å²) in [5.74, 6) is 0.514. The van der Waals surface area contributed by atoms with E-state index in [-0.39, 0.29) is 11.9 Å². The van der Waals surface area contributed by atoms with E-state index in [0.717, 1.165) is 38.1 Å². The second-order valence-electron chi connectivity index (χ2n) is 5.62. The molecule has 3 rings (SSSR count). The Kier molecular flexibility index (Phi) is 3.08. The maximum absolute atomic E-state index is 12.7. The van der Waals surface area contributed by atoms with E-state index in [2.05, 4.69) is 5.32 Å². The quantitative estimate of drug-likeness (QED) is 0.927. The van der Waals surface area contributed by atoms with Gasteiger partial charge in [-0.2, -0.15) is 13.2 Å². The molecule has 6 heteroatoms. The summed E-state index contributed by atoms with van der Waals surface area (Å²) in [5, 5.41) is 3.21. The number of nitrogens with one attached hydrogen (secondary N) is 1. The molecule has 1 aromatic rings. The Morgan fingerprint density at radius 3 is 2.40 bits per heavy atom. The molecule has 3 nitrogen and oxygen atoms in total. The summed E-state index contributed by atoms with van der Waals surface area (Å²) in [5.41, 5.74) is -0.396. The van der Waals surface area contributed by atoms with Crippen LogP contribution in [0.15, 0.2) is 18.2 Å². The van der Waals surface area contributed by atoms with E-state index < -0.39 is 11.7 Å². The lowest BCUT2D eigenvalue weighted by Crippen LogP contribution is -2.62. The molecule has 0 amide bonds. The lowest BCUT2D eigenvalue weighted by Gasteiger charge is -2.53. The minimum absolute atomic E-state index is 0.0190. The van der Waals surface area contributed by atoms with E-state index >= 15 is 0 Å². The first-order valence-electron chi connectivity index (χ1n) is 6.54. The molecule has 0 unspecified atom stereocenters. The Balaban J connectivity index is 1.74. The molecular weight excluding hydrogens is 271 g/mol. The topological polar surface area (TPSA) is 30.5 Å². The molecule has 1 aromatic carbocycles. The van der Waals surface area contributed by atoms with Crippen molar-refractivity contribution in [2.75, 3.05) is 20.2 Å². The Morgan fingerprint density at radius 2 is 1.90 bits per heavy atom. The number of halogens is 3. The van der Waals surface area contributed by atoms with E-state index in [1.165, 1.54) is 13.2 Å². The van der Waals surface area contributed by atoms with Crippen molar-refractivity contribution in [3.8, 4) is 11.5 Å². The van der Waals surface area contributed by atoms with Gasteiger partial charge in [-0.15, -0.1) is 0 Å². The number of rotatable bonds is 3. The third-order valence-corrected chi connectivity index (χ3v) is 4.11. The van der Waals surface area contributed by atoms with Gasteiger partial charge in [0.15, 0.2) is 11.5 Å². The van der Waals surface area contributed by atoms with Crippen molar-refractivity contribution in [2.24, 2.45) is 5.41 Å². The molecule has 1 heterocycles. The molecule has 1 aliphatic heterocycles. The number of benzene rings is 1. The van der Waals surface area contributed by atoms with E-state index in [1.807, 2.05) is 0 Å². The van der Waals surface area contributed by atoms with Crippen molar-refractivity contribution in [3.63, 3.8) is 0 Å². The van der Waals surface area contributed by atoms with Crippen LogP contribution in [0, 0.1) is 5.41 Å². The predicted octanol–water partition coefficient (Wildman–Crippen LogP) is 2.84. The smallest absolute Gasteiger partial charge is 0.416 e. The van der Waals surface area contributed by atoms with Gasteiger partial charge in [0.05, 0.1) is 12.7 Å². The highest BCUT2D eigenvalue weighted by molar-refractivity contribution is 5.44. The molecule has 1 saturated heterocycles. The molecule has 1 aliphatic carbocycles. The molecular formula is C14H16F3NO2. The van der Waals surface area contributed by atoms with Crippen LogP contribution in [0.1, 0.15) is 18.4 Å². The fourth-order valence-electron chi connectivity index (χ4n) is 2.88. The van der Waals surface area contributed by atoms with E-state index in [4.69, 9.17) is 9.47 Å². The summed E-state index contributed by atoms with van der Waals surface area (Å²) in [7, 11) is 1.42. The third kappa shape index (κ3) is 2.32. The van der Waals surface area contributed by atoms with Crippen molar-refractivity contribution in [1.82, 2.24) is 5.32 Å². The maximum Gasteiger partial charge on any atom is 0.416 e. The van der Waals surface area contributed by atoms with Crippen molar-refractivity contribution in [2.45, 2.75) is 25.1 Å². The minimum atomic E-state index is -4.37. The highest BCUT2D eigenvalue weighted by Gasteiger charge is 2.49. The Morgan fingerprint density at radius 1 is 1.20 bits per heavy atom. The van der Waals surface area contributed by atoms with Crippen LogP contribution in [-0.2, 0) is 6.18 Å². The predicted molar refractivity (Wildman–Crippen MR) is 66.9 cm³/mol. The van der Waals surface area contributed by atoms with Gasteiger partial charge in [-0.3, -0.25) is 0 Å². The van der Waals surface area contributed by atoms with Crippen LogP contribution in [-0.4, -0.2) is 26.3 Å². The first kappa shape index (κ1) is 13.5. The van der Waals surface area contributed by atoms with Gasteiger partial charge in [-0.1, -0.05) is 0 Å².